The Labute approximate surface area is 137 Å². The Balaban J connectivity index is 1.67. The number of aromatic amines is 2. The maximum Gasteiger partial charge on any atom is 0.270 e. The zero-order chi connectivity index (χ0) is 16.7. The number of amides is 2. The van der Waals surface area contributed by atoms with Crippen LogP contribution in [-0.2, 0) is 4.79 Å². The summed E-state index contributed by atoms with van der Waals surface area (Å²) in [4.78, 5) is 36.1. The van der Waals surface area contributed by atoms with E-state index in [1.54, 1.807) is 23.4 Å². The van der Waals surface area contributed by atoms with Crippen LogP contribution in [0.5, 0.6) is 0 Å². The lowest BCUT2D eigenvalue weighted by molar-refractivity contribution is -0.121. The van der Waals surface area contributed by atoms with Crippen molar-refractivity contribution in [1.82, 2.24) is 19.9 Å². The molecule has 0 aromatic carbocycles. The smallest absolute Gasteiger partial charge is 0.270 e. The molecule has 3 aromatic rings. The quantitative estimate of drug-likeness (QED) is 0.682. The number of H-pyrrole nitrogens is 2. The van der Waals surface area contributed by atoms with Crippen LogP contribution in [0.1, 0.15) is 23.3 Å². The van der Waals surface area contributed by atoms with Gasteiger partial charge >= 0.3 is 0 Å². The fourth-order valence-corrected chi connectivity index (χ4v) is 3.35. The molecule has 4 N–H and O–H groups in total. The van der Waals surface area contributed by atoms with Crippen LogP contribution in [0.4, 0.5) is 0 Å². The van der Waals surface area contributed by atoms with E-state index < -0.39 is 11.9 Å². The molecule has 1 aliphatic heterocycles. The molecule has 7 nitrogen and oxygen atoms in total. The second kappa shape index (κ2) is 5.52. The minimum atomic E-state index is -0.512. The Kier molecular flexibility index (Phi) is 3.34. The van der Waals surface area contributed by atoms with Gasteiger partial charge in [0.05, 0.1) is 0 Å². The van der Waals surface area contributed by atoms with Gasteiger partial charge in [-0.1, -0.05) is 0 Å². The molecule has 3 aromatic heterocycles. The second-order valence-electron chi connectivity index (χ2n) is 5.96. The molecule has 1 atom stereocenters. The third kappa shape index (κ3) is 2.25. The van der Waals surface area contributed by atoms with Gasteiger partial charge in [0.15, 0.2) is 0 Å². The zero-order valence-electron chi connectivity index (χ0n) is 13.0. The van der Waals surface area contributed by atoms with E-state index in [0.717, 1.165) is 28.6 Å². The van der Waals surface area contributed by atoms with Gasteiger partial charge in [-0.2, -0.15) is 0 Å². The Bertz CT molecular complexity index is 926. The first-order valence-corrected chi connectivity index (χ1v) is 7.86. The number of fused-ring (bicyclic) bond motifs is 1. The number of carbonyl (C=O) groups is 2. The molecule has 4 rings (SSSR count). The number of pyridine rings is 1. The summed E-state index contributed by atoms with van der Waals surface area (Å²) in [6.07, 6.45) is 6.78. The maximum atomic E-state index is 12.7. The number of carbonyl (C=O) groups excluding carboxylic acids is 2. The van der Waals surface area contributed by atoms with E-state index in [4.69, 9.17) is 5.73 Å². The van der Waals surface area contributed by atoms with Crippen LogP contribution in [0, 0.1) is 0 Å². The summed E-state index contributed by atoms with van der Waals surface area (Å²) in [5.41, 5.74) is 8.55. The number of nitrogens with zero attached hydrogens (tertiary/aromatic N) is 2. The van der Waals surface area contributed by atoms with Crippen molar-refractivity contribution in [3.63, 3.8) is 0 Å². The van der Waals surface area contributed by atoms with Crippen LogP contribution in [-0.4, -0.2) is 44.3 Å². The molecule has 1 fully saturated rings. The molecule has 2 amide bonds. The highest BCUT2D eigenvalue weighted by molar-refractivity contribution is 5.99. The van der Waals surface area contributed by atoms with E-state index >= 15 is 0 Å². The van der Waals surface area contributed by atoms with Crippen molar-refractivity contribution in [2.75, 3.05) is 6.54 Å². The fraction of sp³-hybridized carbons (Fsp3) is 0.235. The number of aromatic nitrogens is 3. The molecular weight excluding hydrogens is 306 g/mol. The fourth-order valence-electron chi connectivity index (χ4n) is 3.35. The molecule has 1 aliphatic rings. The number of hydrogen-bond donors (Lipinski definition) is 3. The lowest BCUT2D eigenvalue weighted by atomic mass is 10.1. The summed E-state index contributed by atoms with van der Waals surface area (Å²) in [6, 6.07) is 5.16. The van der Waals surface area contributed by atoms with Crippen LogP contribution >= 0.6 is 0 Å². The number of primary amides is 1. The Morgan fingerprint density at radius 1 is 1.29 bits per heavy atom. The van der Waals surface area contributed by atoms with Gasteiger partial charge in [0, 0.05) is 36.1 Å². The van der Waals surface area contributed by atoms with E-state index in [1.165, 1.54) is 0 Å². The van der Waals surface area contributed by atoms with Crippen molar-refractivity contribution >= 4 is 22.8 Å². The van der Waals surface area contributed by atoms with Gasteiger partial charge in [0.2, 0.25) is 5.91 Å². The maximum absolute atomic E-state index is 12.7. The molecule has 1 saturated heterocycles. The summed E-state index contributed by atoms with van der Waals surface area (Å²) in [5, 5.41) is 0.992. The van der Waals surface area contributed by atoms with Crippen molar-refractivity contribution in [1.29, 1.82) is 0 Å². The first-order valence-electron chi connectivity index (χ1n) is 7.86. The SMILES string of the molecule is NC(=O)C1CCCN1C(=O)c1cc(-c2ccnc3[nH]ccc23)c[nH]1. The zero-order valence-corrected chi connectivity index (χ0v) is 13.0. The number of likely N-dealkylation sites (tertiary alicyclic amines) is 1. The van der Waals surface area contributed by atoms with Crippen LogP contribution in [0.3, 0.4) is 0 Å². The van der Waals surface area contributed by atoms with Crippen LogP contribution in [0.2, 0.25) is 0 Å². The summed E-state index contributed by atoms with van der Waals surface area (Å²) >= 11 is 0. The molecule has 4 heterocycles. The number of nitrogens with one attached hydrogen (secondary N) is 2. The summed E-state index contributed by atoms with van der Waals surface area (Å²) in [5.74, 6) is -0.641. The number of nitrogens with two attached hydrogens (primary N) is 1. The number of rotatable bonds is 3. The van der Waals surface area contributed by atoms with Gasteiger partial charge in [-0.05, 0) is 36.6 Å². The van der Waals surface area contributed by atoms with E-state index in [2.05, 4.69) is 15.0 Å². The molecule has 0 spiro atoms. The molecular formula is C17H17N5O2. The van der Waals surface area contributed by atoms with Crippen molar-refractivity contribution in [3.05, 3.63) is 42.5 Å². The van der Waals surface area contributed by atoms with E-state index in [-0.39, 0.29) is 5.91 Å². The highest BCUT2D eigenvalue weighted by Crippen LogP contribution is 2.28. The largest absolute Gasteiger partial charge is 0.368 e. The van der Waals surface area contributed by atoms with E-state index in [1.807, 2.05) is 18.3 Å². The normalized spacial score (nSPS) is 17.5. The summed E-state index contributed by atoms with van der Waals surface area (Å²) in [7, 11) is 0. The molecule has 122 valence electrons. The predicted octanol–water partition coefficient (Wildman–Crippen LogP) is 1.65. The Morgan fingerprint density at radius 3 is 3.00 bits per heavy atom. The van der Waals surface area contributed by atoms with Gasteiger partial charge in [0.1, 0.15) is 17.4 Å². The third-order valence-corrected chi connectivity index (χ3v) is 4.53. The molecule has 7 heteroatoms. The molecule has 0 radical (unpaired) electrons. The van der Waals surface area contributed by atoms with Crippen molar-refractivity contribution < 1.29 is 9.59 Å². The molecule has 1 unspecified atom stereocenters. The topological polar surface area (TPSA) is 108 Å². The molecule has 0 bridgehead atoms. The lowest BCUT2D eigenvalue weighted by Crippen LogP contribution is -2.43. The van der Waals surface area contributed by atoms with Gasteiger partial charge in [-0.15, -0.1) is 0 Å². The standard InChI is InChI=1S/C17H17N5O2/c18-15(23)14-2-1-7-22(14)17(24)13-8-10(9-21-13)11-3-5-19-16-12(11)4-6-20-16/h3-6,8-9,14,21H,1-2,7H2,(H2,18,23)(H,19,20). The highest BCUT2D eigenvalue weighted by Gasteiger charge is 2.33. The van der Waals surface area contributed by atoms with Gasteiger partial charge < -0.3 is 20.6 Å². The van der Waals surface area contributed by atoms with E-state index in [9.17, 15) is 9.59 Å². The van der Waals surface area contributed by atoms with Crippen molar-refractivity contribution in [3.8, 4) is 11.1 Å². The van der Waals surface area contributed by atoms with Gasteiger partial charge in [-0.3, -0.25) is 9.59 Å². The average molecular weight is 323 g/mol. The van der Waals surface area contributed by atoms with E-state index in [0.29, 0.717) is 18.7 Å². The Morgan fingerprint density at radius 2 is 2.17 bits per heavy atom. The van der Waals surface area contributed by atoms with Crippen molar-refractivity contribution in [2.45, 2.75) is 18.9 Å². The molecule has 0 aliphatic carbocycles. The Hall–Kier alpha value is -3.09. The van der Waals surface area contributed by atoms with Crippen LogP contribution in [0.15, 0.2) is 36.8 Å². The first kappa shape index (κ1) is 14.5. The van der Waals surface area contributed by atoms with Crippen LogP contribution in [0.25, 0.3) is 22.2 Å². The molecule has 0 saturated carbocycles. The third-order valence-electron chi connectivity index (χ3n) is 4.53. The predicted molar refractivity (Wildman–Crippen MR) is 89.1 cm³/mol. The molecule has 24 heavy (non-hydrogen) atoms. The summed E-state index contributed by atoms with van der Waals surface area (Å²) in [6.45, 7) is 0.554. The lowest BCUT2D eigenvalue weighted by Gasteiger charge is -2.21. The average Bonchev–Trinajstić information content (AvgIpc) is 3.31. The second-order valence-corrected chi connectivity index (χ2v) is 5.96. The van der Waals surface area contributed by atoms with Crippen LogP contribution < -0.4 is 5.73 Å². The first-order chi connectivity index (χ1) is 11.6. The number of hydrogen-bond acceptors (Lipinski definition) is 3. The minimum Gasteiger partial charge on any atom is -0.368 e. The monoisotopic (exact) mass is 323 g/mol. The van der Waals surface area contributed by atoms with Crippen molar-refractivity contribution in [2.24, 2.45) is 5.73 Å². The minimum absolute atomic E-state index is 0.193. The van der Waals surface area contributed by atoms with Gasteiger partial charge in [-0.25, -0.2) is 4.98 Å². The highest BCUT2D eigenvalue weighted by atomic mass is 16.2. The van der Waals surface area contributed by atoms with Gasteiger partial charge in [0.25, 0.3) is 5.91 Å². The summed E-state index contributed by atoms with van der Waals surface area (Å²) < 4.78 is 0.